The first kappa shape index (κ1) is 19.1. The predicted octanol–water partition coefficient (Wildman–Crippen LogP) is 5.18. The second-order valence-electron chi connectivity index (χ2n) is 5.82. The molecule has 1 atom stereocenters. The average Bonchev–Trinajstić information content (AvgIpc) is 2.63. The number of hydrogen-bond donors (Lipinski definition) is 1. The lowest BCUT2D eigenvalue weighted by atomic mass is 9.88. The standard InChI is InChI=1S/C20H15Cl2FO2S/c21-16-5-1-14(2-6-16)20(24,15-3-7-17(22)8-4-15)13-26(25)19-11-9-18(23)10-12-19/h1-12,24H,13H2/t26-/m0/s1. The molecule has 3 aromatic rings. The van der Waals surface area contributed by atoms with Crippen molar-refractivity contribution in [3.05, 3.63) is 99.8 Å². The number of rotatable bonds is 5. The zero-order chi connectivity index (χ0) is 18.7. The van der Waals surface area contributed by atoms with E-state index in [0.29, 0.717) is 26.1 Å². The van der Waals surface area contributed by atoms with Crippen LogP contribution in [-0.4, -0.2) is 15.1 Å². The molecule has 26 heavy (non-hydrogen) atoms. The van der Waals surface area contributed by atoms with Gasteiger partial charge in [-0.15, -0.1) is 0 Å². The van der Waals surface area contributed by atoms with E-state index in [2.05, 4.69) is 0 Å². The first-order valence-electron chi connectivity index (χ1n) is 7.77. The Bertz CT molecular complexity index is 865. The SMILES string of the molecule is O=[S@@](CC(O)(c1ccc(Cl)cc1)c1ccc(Cl)cc1)c1ccc(F)cc1. The molecule has 0 spiro atoms. The molecule has 6 heteroatoms. The number of aliphatic hydroxyl groups is 1. The molecule has 0 aliphatic rings. The Labute approximate surface area is 163 Å². The third kappa shape index (κ3) is 4.15. The van der Waals surface area contributed by atoms with Gasteiger partial charge in [0.05, 0.1) is 16.6 Å². The van der Waals surface area contributed by atoms with Crippen molar-refractivity contribution >= 4 is 34.0 Å². The molecule has 0 aliphatic carbocycles. The van der Waals surface area contributed by atoms with Crippen LogP contribution in [-0.2, 0) is 16.4 Å². The second kappa shape index (κ2) is 7.89. The van der Waals surface area contributed by atoms with Crippen molar-refractivity contribution in [2.24, 2.45) is 0 Å². The maximum absolute atomic E-state index is 13.1. The van der Waals surface area contributed by atoms with Gasteiger partial charge in [0.1, 0.15) is 11.4 Å². The van der Waals surface area contributed by atoms with Crippen LogP contribution in [0.25, 0.3) is 0 Å². The number of benzene rings is 3. The van der Waals surface area contributed by atoms with Gasteiger partial charge in [0.2, 0.25) is 0 Å². The highest BCUT2D eigenvalue weighted by molar-refractivity contribution is 7.85. The molecule has 0 radical (unpaired) electrons. The second-order valence-corrected chi connectivity index (χ2v) is 8.14. The van der Waals surface area contributed by atoms with Gasteiger partial charge in [0.25, 0.3) is 0 Å². The summed E-state index contributed by atoms with van der Waals surface area (Å²) in [6.07, 6.45) is 0. The Morgan fingerprint density at radius 3 is 1.65 bits per heavy atom. The van der Waals surface area contributed by atoms with Crippen molar-refractivity contribution < 1.29 is 13.7 Å². The molecule has 0 heterocycles. The summed E-state index contributed by atoms with van der Waals surface area (Å²) in [5, 5.41) is 12.5. The fraction of sp³-hybridized carbons (Fsp3) is 0.100. The summed E-state index contributed by atoms with van der Waals surface area (Å²) in [6, 6.07) is 18.8. The summed E-state index contributed by atoms with van der Waals surface area (Å²) >= 11 is 11.9. The Hall–Kier alpha value is -1.72. The molecule has 0 aliphatic heterocycles. The molecule has 0 fully saturated rings. The summed E-state index contributed by atoms with van der Waals surface area (Å²) < 4.78 is 25.9. The highest BCUT2D eigenvalue weighted by atomic mass is 35.5. The number of hydrogen-bond acceptors (Lipinski definition) is 2. The molecule has 0 aromatic heterocycles. The summed E-state index contributed by atoms with van der Waals surface area (Å²) in [7, 11) is -1.56. The summed E-state index contributed by atoms with van der Waals surface area (Å²) in [4.78, 5) is 0.438. The van der Waals surface area contributed by atoms with E-state index in [0.717, 1.165) is 0 Å². The van der Waals surface area contributed by atoms with Crippen molar-refractivity contribution in [3.8, 4) is 0 Å². The van der Waals surface area contributed by atoms with Gasteiger partial charge in [-0.3, -0.25) is 4.21 Å². The van der Waals surface area contributed by atoms with Gasteiger partial charge in [-0.2, -0.15) is 0 Å². The van der Waals surface area contributed by atoms with E-state index in [1.807, 2.05) is 0 Å². The minimum atomic E-state index is -1.56. The lowest BCUT2D eigenvalue weighted by Crippen LogP contribution is -2.34. The summed E-state index contributed by atoms with van der Waals surface area (Å²) in [5.41, 5.74) is -0.409. The van der Waals surface area contributed by atoms with Crippen LogP contribution in [0.2, 0.25) is 10.0 Å². The fourth-order valence-electron chi connectivity index (χ4n) is 2.64. The van der Waals surface area contributed by atoms with E-state index < -0.39 is 22.2 Å². The van der Waals surface area contributed by atoms with E-state index in [4.69, 9.17) is 23.2 Å². The molecule has 134 valence electrons. The molecule has 0 amide bonds. The average molecular weight is 409 g/mol. The molecular formula is C20H15Cl2FO2S. The zero-order valence-corrected chi connectivity index (χ0v) is 15.9. The molecular weight excluding hydrogens is 394 g/mol. The molecule has 0 bridgehead atoms. The van der Waals surface area contributed by atoms with E-state index in [-0.39, 0.29) is 5.75 Å². The molecule has 1 N–H and O–H groups in total. The quantitative estimate of drug-likeness (QED) is 0.631. The fourth-order valence-corrected chi connectivity index (χ4v) is 4.22. The monoisotopic (exact) mass is 408 g/mol. The van der Waals surface area contributed by atoms with E-state index >= 15 is 0 Å². The Kier molecular flexibility index (Phi) is 5.78. The van der Waals surface area contributed by atoms with Crippen LogP contribution in [0.1, 0.15) is 11.1 Å². The van der Waals surface area contributed by atoms with Crippen LogP contribution < -0.4 is 0 Å². The van der Waals surface area contributed by atoms with Crippen LogP contribution in [0, 0.1) is 5.82 Å². The summed E-state index contributed by atoms with van der Waals surface area (Å²) in [5.74, 6) is -0.501. The smallest absolute Gasteiger partial charge is 0.126 e. The Balaban J connectivity index is 2.02. The molecule has 0 saturated carbocycles. The lowest BCUT2D eigenvalue weighted by molar-refractivity contribution is 0.106. The van der Waals surface area contributed by atoms with Crippen molar-refractivity contribution in [1.82, 2.24) is 0 Å². The predicted molar refractivity (Wildman–Crippen MR) is 104 cm³/mol. The first-order valence-corrected chi connectivity index (χ1v) is 9.84. The van der Waals surface area contributed by atoms with Crippen LogP contribution in [0.15, 0.2) is 77.7 Å². The van der Waals surface area contributed by atoms with E-state index in [1.54, 1.807) is 48.5 Å². The maximum Gasteiger partial charge on any atom is 0.126 e. The zero-order valence-electron chi connectivity index (χ0n) is 13.5. The molecule has 3 aromatic carbocycles. The molecule has 3 rings (SSSR count). The van der Waals surface area contributed by atoms with Gasteiger partial charge in [-0.25, -0.2) is 4.39 Å². The third-order valence-corrected chi connectivity index (χ3v) is 6.04. The van der Waals surface area contributed by atoms with Crippen molar-refractivity contribution in [1.29, 1.82) is 0 Å². The Morgan fingerprint density at radius 1 is 0.808 bits per heavy atom. The van der Waals surface area contributed by atoms with Gasteiger partial charge in [-0.1, -0.05) is 47.5 Å². The van der Waals surface area contributed by atoms with Crippen LogP contribution in [0.5, 0.6) is 0 Å². The largest absolute Gasteiger partial charge is 0.379 e. The highest BCUT2D eigenvalue weighted by Gasteiger charge is 2.34. The summed E-state index contributed by atoms with van der Waals surface area (Å²) in [6.45, 7) is 0. The van der Waals surface area contributed by atoms with E-state index in [9.17, 15) is 13.7 Å². The van der Waals surface area contributed by atoms with Crippen molar-refractivity contribution in [2.75, 3.05) is 5.75 Å². The van der Waals surface area contributed by atoms with E-state index in [1.165, 1.54) is 24.3 Å². The van der Waals surface area contributed by atoms with Crippen molar-refractivity contribution in [2.45, 2.75) is 10.5 Å². The van der Waals surface area contributed by atoms with Crippen molar-refractivity contribution in [3.63, 3.8) is 0 Å². The highest BCUT2D eigenvalue weighted by Crippen LogP contribution is 2.33. The molecule has 2 nitrogen and oxygen atoms in total. The van der Waals surface area contributed by atoms with Gasteiger partial charge >= 0.3 is 0 Å². The first-order chi connectivity index (χ1) is 12.4. The minimum absolute atomic E-state index is 0.0953. The minimum Gasteiger partial charge on any atom is -0.379 e. The lowest BCUT2D eigenvalue weighted by Gasteiger charge is -2.29. The third-order valence-electron chi connectivity index (χ3n) is 4.06. The van der Waals surface area contributed by atoms with Crippen LogP contribution in [0.3, 0.4) is 0 Å². The van der Waals surface area contributed by atoms with Crippen LogP contribution in [0.4, 0.5) is 4.39 Å². The van der Waals surface area contributed by atoms with Gasteiger partial charge in [-0.05, 0) is 59.7 Å². The Morgan fingerprint density at radius 2 is 1.23 bits per heavy atom. The topological polar surface area (TPSA) is 37.3 Å². The molecule has 0 unspecified atom stereocenters. The molecule has 0 saturated heterocycles. The van der Waals surface area contributed by atoms with Crippen LogP contribution >= 0.6 is 23.2 Å². The normalized spacial score (nSPS) is 12.8. The number of halogens is 3. The van der Waals surface area contributed by atoms with Gasteiger partial charge in [0, 0.05) is 14.9 Å². The van der Waals surface area contributed by atoms with Gasteiger partial charge in [0.15, 0.2) is 0 Å². The van der Waals surface area contributed by atoms with Gasteiger partial charge < -0.3 is 5.11 Å². The maximum atomic E-state index is 13.1.